The van der Waals surface area contributed by atoms with Crippen LogP contribution in [0.2, 0.25) is 0 Å². The summed E-state index contributed by atoms with van der Waals surface area (Å²) in [4.78, 5) is 40.7. The number of carbonyl (C=O) groups is 3. The van der Waals surface area contributed by atoms with Gasteiger partial charge in [-0.05, 0) is 69.1 Å². The van der Waals surface area contributed by atoms with Gasteiger partial charge in [0, 0.05) is 24.2 Å². The van der Waals surface area contributed by atoms with Gasteiger partial charge >= 0.3 is 11.9 Å². The second kappa shape index (κ2) is 13.6. The molecular weight excluding hydrogens is 460 g/mol. The standard InChI is InChI=1S/C27H32N4O5/c1-5-14-31(18-24(32)35-16-15-30(3)4)26(33)19(2)17-20-6-8-22(9-7-20)27(34)36-23-12-10-21(11-13-23)25(28)29/h5-13,17H,1,14-16,18H2,2-4H3,(H3,28,29)/b19-17+. The number of nitrogen functional groups attached to an aromatic ring is 1. The van der Waals surface area contributed by atoms with E-state index in [2.05, 4.69) is 6.58 Å². The van der Waals surface area contributed by atoms with Gasteiger partial charge in [0.1, 0.15) is 24.7 Å². The van der Waals surface area contributed by atoms with Crippen molar-refractivity contribution in [3.05, 3.63) is 83.4 Å². The number of rotatable bonds is 12. The first kappa shape index (κ1) is 28.0. The molecule has 0 radical (unpaired) electrons. The molecule has 0 aliphatic heterocycles. The van der Waals surface area contributed by atoms with Crippen LogP contribution in [-0.2, 0) is 14.3 Å². The van der Waals surface area contributed by atoms with Crippen molar-refractivity contribution in [2.24, 2.45) is 5.73 Å². The number of nitrogens with two attached hydrogens (primary N) is 1. The van der Waals surface area contributed by atoms with Gasteiger partial charge in [-0.15, -0.1) is 6.58 Å². The van der Waals surface area contributed by atoms with E-state index in [0.29, 0.717) is 34.6 Å². The first-order valence-electron chi connectivity index (χ1n) is 11.3. The topological polar surface area (TPSA) is 126 Å². The summed E-state index contributed by atoms with van der Waals surface area (Å²) in [5.74, 6) is -1.09. The molecule has 0 unspecified atom stereocenters. The molecule has 0 bridgehead atoms. The normalized spacial score (nSPS) is 11.1. The molecule has 36 heavy (non-hydrogen) atoms. The molecule has 0 saturated carbocycles. The van der Waals surface area contributed by atoms with Crippen LogP contribution in [0.1, 0.15) is 28.4 Å². The maximum atomic E-state index is 12.9. The maximum absolute atomic E-state index is 12.9. The number of likely N-dealkylation sites (N-methyl/N-ethyl adjacent to an activating group) is 1. The quantitative estimate of drug-likeness (QED) is 0.116. The van der Waals surface area contributed by atoms with Crippen molar-refractivity contribution >= 4 is 29.8 Å². The van der Waals surface area contributed by atoms with Gasteiger partial charge in [0.25, 0.3) is 0 Å². The smallest absolute Gasteiger partial charge is 0.343 e. The summed E-state index contributed by atoms with van der Waals surface area (Å²) in [5.41, 5.74) is 7.41. The largest absolute Gasteiger partial charge is 0.463 e. The lowest BCUT2D eigenvalue weighted by Gasteiger charge is -2.21. The monoisotopic (exact) mass is 492 g/mol. The van der Waals surface area contributed by atoms with Crippen molar-refractivity contribution in [3.63, 3.8) is 0 Å². The van der Waals surface area contributed by atoms with Crippen LogP contribution in [0, 0.1) is 5.41 Å². The van der Waals surface area contributed by atoms with Crippen LogP contribution in [0.15, 0.2) is 66.8 Å². The van der Waals surface area contributed by atoms with Gasteiger partial charge in [-0.3, -0.25) is 15.0 Å². The lowest BCUT2D eigenvalue weighted by molar-refractivity contribution is -0.148. The van der Waals surface area contributed by atoms with E-state index in [1.54, 1.807) is 67.6 Å². The number of carbonyl (C=O) groups excluding carboxylic acids is 3. The van der Waals surface area contributed by atoms with E-state index in [0.717, 1.165) is 0 Å². The van der Waals surface area contributed by atoms with Crippen LogP contribution in [0.25, 0.3) is 6.08 Å². The molecule has 2 aromatic carbocycles. The molecule has 0 atom stereocenters. The Labute approximate surface area is 211 Å². The summed E-state index contributed by atoms with van der Waals surface area (Å²) in [6, 6.07) is 12.9. The molecule has 0 heterocycles. The van der Waals surface area contributed by atoms with Crippen LogP contribution in [0.4, 0.5) is 0 Å². The number of amidine groups is 1. The van der Waals surface area contributed by atoms with Gasteiger partial charge in [-0.25, -0.2) is 4.79 Å². The average Bonchev–Trinajstić information content (AvgIpc) is 2.83. The van der Waals surface area contributed by atoms with Crippen molar-refractivity contribution in [1.82, 2.24) is 9.80 Å². The number of benzene rings is 2. The Hall–Kier alpha value is -4.24. The molecule has 1 amide bonds. The molecule has 0 fully saturated rings. The Morgan fingerprint density at radius 3 is 2.19 bits per heavy atom. The molecule has 9 heteroatoms. The molecule has 0 aliphatic rings. The molecule has 0 spiro atoms. The van der Waals surface area contributed by atoms with Gasteiger partial charge in [0.05, 0.1) is 5.56 Å². The number of esters is 2. The fourth-order valence-electron chi connectivity index (χ4n) is 3.06. The minimum atomic E-state index is -0.543. The third kappa shape index (κ3) is 8.84. The number of nitrogens with zero attached hydrogens (tertiary/aromatic N) is 2. The van der Waals surface area contributed by atoms with E-state index >= 15 is 0 Å². The predicted molar refractivity (Wildman–Crippen MR) is 139 cm³/mol. The van der Waals surface area contributed by atoms with E-state index in [1.807, 2.05) is 19.0 Å². The zero-order valence-corrected chi connectivity index (χ0v) is 20.8. The van der Waals surface area contributed by atoms with E-state index in [1.165, 1.54) is 4.90 Å². The Balaban J connectivity index is 2.01. The van der Waals surface area contributed by atoms with Crippen molar-refractivity contribution in [1.29, 1.82) is 5.41 Å². The highest BCUT2D eigenvalue weighted by atomic mass is 16.5. The molecule has 3 N–H and O–H groups in total. The fraction of sp³-hybridized carbons (Fsp3) is 0.259. The van der Waals surface area contributed by atoms with Crippen LogP contribution in [0.3, 0.4) is 0 Å². The van der Waals surface area contributed by atoms with Gasteiger partial charge in [-0.2, -0.15) is 0 Å². The first-order chi connectivity index (χ1) is 17.1. The zero-order valence-electron chi connectivity index (χ0n) is 20.8. The van der Waals surface area contributed by atoms with Crippen molar-refractivity contribution in [2.45, 2.75) is 6.92 Å². The molecule has 0 saturated heterocycles. The molecule has 190 valence electrons. The van der Waals surface area contributed by atoms with Crippen LogP contribution < -0.4 is 10.5 Å². The highest BCUT2D eigenvalue weighted by Crippen LogP contribution is 2.16. The number of hydrogen-bond donors (Lipinski definition) is 2. The summed E-state index contributed by atoms with van der Waals surface area (Å²) in [5, 5.41) is 7.40. The molecule has 2 aromatic rings. The Morgan fingerprint density at radius 2 is 1.64 bits per heavy atom. The summed E-state index contributed by atoms with van der Waals surface area (Å²) in [6.45, 7) is 6.17. The first-order valence-corrected chi connectivity index (χ1v) is 11.3. The molecule has 9 nitrogen and oxygen atoms in total. The molecule has 0 aliphatic carbocycles. The highest BCUT2D eigenvalue weighted by Gasteiger charge is 2.18. The van der Waals surface area contributed by atoms with Gasteiger partial charge in [-0.1, -0.05) is 18.2 Å². The number of ether oxygens (including phenoxy) is 2. The summed E-state index contributed by atoms with van der Waals surface area (Å²) >= 11 is 0. The van der Waals surface area contributed by atoms with E-state index in [-0.39, 0.29) is 31.4 Å². The molecular formula is C27H32N4O5. The van der Waals surface area contributed by atoms with E-state index < -0.39 is 11.9 Å². The van der Waals surface area contributed by atoms with E-state index in [4.69, 9.17) is 20.6 Å². The predicted octanol–water partition coefficient (Wildman–Crippen LogP) is 2.71. The summed E-state index contributed by atoms with van der Waals surface area (Å²) in [7, 11) is 3.75. The fourth-order valence-corrected chi connectivity index (χ4v) is 3.06. The van der Waals surface area contributed by atoms with Gasteiger partial charge in [0.15, 0.2) is 0 Å². The summed E-state index contributed by atoms with van der Waals surface area (Å²) < 4.78 is 10.5. The molecule has 2 rings (SSSR count). The van der Waals surface area contributed by atoms with Gasteiger partial charge in [0.2, 0.25) is 5.91 Å². The van der Waals surface area contributed by atoms with Gasteiger partial charge < -0.3 is 25.0 Å². The van der Waals surface area contributed by atoms with Crippen LogP contribution in [-0.4, -0.2) is 73.8 Å². The second-order valence-electron chi connectivity index (χ2n) is 8.28. The zero-order chi connectivity index (χ0) is 26.7. The third-order valence-electron chi connectivity index (χ3n) is 5.00. The minimum Gasteiger partial charge on any atom is -0.463 e. The van der Waals surface area contributed by atoms with Crippen molar-refractivity contribution < 1.29 is 23.9 Å². The van der Waals surface area contributed by atoms with Crippen molar-refractivity contribution in [3.8, 4) is 5.75 Å². The maximum Gasteiger partial charge on any atom is 0.343 e. The Bertz CT molecular complexity index is 1120. The lowest BCUT2D eigenvalue weighted by Crippen LogP contribution is -2.37. The van der Waals surface area contributed by atoms with Crippen LogP contribution in [0.5, 0.6) is 5.75 Å². The second-order valence-corrected chi connectivity index (χ2v) is 8.28. The number of amides is 1. The van der Waals surface area contributed by atoms with E-state index in [9.17, 15) is 14.4 Å². The number of nitrogens with one attached hydrogen (secondary N) is 1. The SMILES string of the molecule is C=CCN(CC(=O)OCCN(C)C)C(=O)/C(C)=C/c1ccc(C(=O)Oc2ccc(C(=N)N)cc2)cc1. The Kier molecular flexibility index (Phi) is 10.6. The third-order valence-corrected chi connectivity index (χ3v) is 5.00. The minimum absolute atomic E-state index is 0.0714. The van der Waals surface area contributed by atoms with Crippen LogP contribution >= 0.6 is 0 Å². The molecule has 0 aromatic heterocycles. The number of hydrogen-bond acceptors (Lipinski definition) is 7. The lowest BCUT2D eigenvalue weighted by atomic mass is 10.1. The highest BCUT2D eigenvalue weighted by molar-refractivity contribution is 5.99. The Morgan fingerprint density at radius 1 is 1.03 bits per heavy atom. The van der Waals surface area contributed by atoms with Crippen molar-refractivity contribution in [2.75, 3.05) is 40.3 Å². The average molecular weight is 493 g/mol. The summed E-state index contributed by atoms with van der Waals surface area (Å²) in [6.07, 6.45) is 3.22.